The Hall–Kier alpha value is -1.05. The molecule has 0 spiro atoms. The second-order valence-corrected chi connectivity index (χ2v) is 7.32. The molecule has 0 bridgehead atoms. The number of hydrogen-bond donors (Lipinski definition) is 2. The summed E-state index contributed by atoms with van der Waals surface area (Å²) in [5.74, 6) is 0.294. The van der Waals surface area contributed by atoms with E-state index >= 15 is 0 Å². The van der Waals surface area contributed by atoms with Crippen molar-refractivity contribution in [2.45, 2.75) is 24.0 Å². The molecule has 0 aliphatic heterocycles. The summed E-state index contributed by atoms with van der Waals surface area (Å²) in [6, 6.07) is 4.71. The number of aryl methyl sites for hydroxylation is 1. The lowest BCUT2D eigenvalue weighted by molar-refractivity contribution is 0.603. The van der Waals surface area contributed by atoms with E-state index in [4.69, 9.17) is 11.6 Å². The van der Waals surface area contributed by atoms with E-state index in [0.29, 0.717) is 10.2 Å². The molecule has 0 aromatic carbocycles. The maximum Gasteiger partial charge on any atom is 0.272 e. The van der Waals surface area contributed by atoms with Gasteiger partial charge in [0.05, 0.1) is 4.34 Å². The van der Waals surface area contributed by atoms with Crippen LogP contribution in [0.3, 0.4) is 0 Å². The molecule has 8 heteroatoms. The van der Waals surface area contributed by atoms with Crippen LogP contribution in [0.5, 0.6) is 0 Å². The molecule has 0 aliphatic rings. The van der Waals surface area contributed by atoms with Crippen molar-refractivity contribution in [1.82, 2.24) is 10.2 Å². The summed E-state index contributed by atoms with van der Waals surface area (Å²) in [6.07, 6.45) is 1.80. The van der Waals surface area contributed by atoms with Gasteiger partial charge in [-0.3, -0.25) is 9.82 Å². The normalized spacial score (nSPS) is 11.7. The molecule has 2 aromatic heterocycles. The Bertz CT molecular complexity index is 633. The van der Waals surface area contributed by atoms with Crippen LogP contribution in [0, 0.1) is 0 Å². The third kappa shape index (κ3) is 3.04. The van der Waals surface area contributed by atoms with E-state index in [0.717, 1.165) is 29.9 Å². The van der Waals surface area contributed by atoms with Gasteiger partial charge in [-0.1, -0.05) is 24.9 Å². The number of nitrogens with zero attached hydrogens (tertiary/aromatic N) is 1. The Morgan fingerprint density at radius 2 is 2.28 bits per heavy atom. The van der Waals surface area contributed by atoms with Crippen LogP contribution in [-0.2, 0) is 16.4 Å². The first kappa shape index (κ1) is 13.4. The van der Waals surface area contributed by atoms with E-state index in [2.05, 4.69) is 14.9 Å². The monoisotopic (exact) mass is 305 g/mol. The van der Waals surface area contributed by atoms with Gasteiger partial charge in [0.1, 0.15) is 4.21 Å². The standard InChI is InChI=1S/C10H12ClN3O2S2/c1-2-3-7-6-9(13-12-7)14-18(15,16)10-5-4-8(11)17-10/h4-6H,2-3H2,1H3,(H2,12,13,14). The number of hydrogen-bond acceptors (Lipinski definition) is 4. The molecule has 0 fully saturated rings. The van der Waals surface area contributed by atoms with Crippen molar-refractivity contribution < 1.29 is 8.42 Å². The second-order valence-electron chi connectivity index (χ2n) is 3.69. The summed E-state index contributed by atoms with van der Waals surface area (Å²) in [5.41, 5.74) is 0.902. The van der Waals surface area contributed by atoms with Crippen LogP contribution in [0.1, 0.15) is 19.0 Å². The third-order valence-electron chi connectivity index (χ3n) is 2.20. The molecular formula is C10H12ClN3O2S2. The van der Waals surface area contributed by atoms with Crippen LogP contribution in [0.15, 0.2) is 22.4 Å². The maximum absolute atomic E-state index is 12.0. The zero-order valence-electron chi connectivity index (χ0n) is 9.60. The van der Waals surface area contributed by atoms with E-state index in [-0.39, 0.29) is 4.21 Å². The van der Waals surface area contributed by atoms with Crippen LogP contribution in [0.4, 0.5) is 5.82 Å². The number of thiophene rings is 1. The van der Waals surface area contributed by atoms with Crippen molar-refractivity contribution >= 4 is 38.8 Å². The van der Waals surface area contributed by atoms with Gasteiger partial charge in [-0.15, -0.1) is 11.3 Å². The molecule has 2 rings (SSSR count). The summed E-state index contributed by atoms with van der Waals surface area (Å²) in [6.45, 7) is 2.04. The fourth-order valence-electron chi connectivity index (χ4n) is 1.44. The summed E-state index contributed by atoms with van der Waals surface area (Å²) in [5, 5.41) is 6.69. The Morgan fingerprint density at radius 3 is 2.89 bits per heavy atom. The molecule has 0 saturated carbocycles. The van der Waals surface area contributed by atoms with Crippen molar-refractivity contribution in [3.05, 3.63) is 28.2 Å². The summed E-state index contributed by atoms with van der Waals surface area (Å²) < 4.78 is 27.0. The predicted molar refractivity (Wildman–Crippen MR) is 72.7 cm³/mol. The quantitative estimate of drug-likeness (QED) is 0.892. The minimum atomic E-state index is -3.59. The summed E-state index contributed by atoms with van der Waals surface area (Å²) in [4.78, 5) is 0. The van der Waals surface area contributed by atoms with Crippen molar-refractivity contribution in [3.63, 3.8) is 0 Å². The molecule has 0 aliphatic carbocycles. The zero-order chi connectivity index (χ0) is 13.2. The molecule has 2 heterocycles. The van der Waals surface area contributed by atoms with Gasteiger partial charge in [0, 0.05) is 11.8 Å². The number of anilines is 1. The van der Waals surface area contributed by atoms with Crippen molar-refractivity contribution in [2.24, 2.45) is 0 Å². The van der Waals surface area contributed by atoms with E-state index in [1.54, 1.807) is 12.1 Å². The first-order valence-corrected chi connectivity index (χ1v) is 8.01. The van der Waals surface area contributed by atoms with Crippen molar-refractivity contribution in [1.29, 1.82) is 0 Å². The van der Waals surface area contributed by atoms with Crippen molar-refractivity contribution in [3.8, 4) is 0 Å². The highest BCUT2D eigenvalue weighted by atomic mass is 35.5. The minimum Gasteiger partial charge on any atom is -0.280 e. The molecule has 0 atom stereocenters. The number of aromatic nitrogens is 2. The van der Waals surface area contributed by atoms with Crippen LogP contribution in [0.2, 0.25) is 4.34 Å². The van der Waals surface area contributed by atoms with Gasteiger partial charge in [0.15, 0.2) is 5.82 Å². The van der Waals surface area contributed by atoms with E-state index < -0.39 is 10.0 Å². The SMILES string of the molecule is CCCc1cc(NS(=O)(=O)c2ccc(Cl)s2)n[nH]1. The first-order valence-electron chi connectivity index (χ1n) is 5.33. The van der Waals surface area contributed by atoms with E-state index in [1.807, 2.05) is 6.92 Å². The van der Waals surface area contributed by atoms with Gasteiger partial charge in [0.25, 0.3) is 10.0 Å². The summed E-state index contributed by atoms with van der Waals surface area (Å²) >= 11 is 6.73. The van der Waals surface area contributed by atoms with Gasteiger partial charge >= 0.3 is 0 Å². The first-order chi connectivity index (χ1) is 8.51. The lowest BCUT2D eigenvalue weighted by Gasteiger charge is -2.01. The number of sulfonamides is 1. The average Bonchev–Trinajstić information content (AvgIpc) is 2.88. The third-order valence-corrected chi connectivity index (χ3v) is 5.28. The molecule has 18 heavy (non-hydrogen) atoms. The molecule has 98 valence electrons. The number of nitrogens with one attached hydrogen (secondary N) is 2. The predicted octanol–water partition coefficient (Wildman–Crippen LogP) is 2.88. The lowest BCUT2D eigenvalue weighted by atomic mass is 10.2. The Labute approximate surface area is 114 Å². The zero-order valence-corrected chi connectivity index (χ0v) is 12.0. The molecule has 0 unspecified atom stereocenters. The Balaban J connectivity index is 2.17. The molecule has 0 amide bonds. The topological polar surface area (TPSA) is 74.8 Å². The molecule has 0 radical (unpaired) electrons. The Kier molecular flexibility index (Phi) is 3.94. The van der Waals surface area contributed by atoms with Crippen LogP contribution in [-0.4, -0.2) is 18.6 Å². The lowest BCUT2D eigenvalue weighted by Crippen LogP contribution is -2.11. The summed E-state index contributed by atoms with van der Waals surface area (Å²) in [7, 11) is -3.59. The molecule has 0 saturated heterocycles. The average molecular weight is 306 g/mol. The highest BCUT2D eigenvalue weighted by Crippen LogP contribution is 2.26. The molecule has 2 aromatic rings. The van der Waals surface area contributed by atoms with E-state index in [9.17, 15) is 8.42 Å². The molecular weight excluding hydrogens is 294 g/mol. The fraction of sp³-hybridized carbons (Fsp3) is 0.300. The largest absolute Gasteiger partial charge is 0.280 e. The van der Waals surface area contributed by atoms with Gasteiger partial charge < -0.3 is 0 Å². The highest BCUT2D eigenvalue weighted by molar-refractivity contribution is 7.94. The number of aromatic amines is 1. The fourth-order valence-corrected chi connectivity index (χ4v) is 3.92. The maximum atomic E-state index is 12.0. The van der Waals surface area contributed by atoms with Gasteiger partial charge in [-0.05, 0) is 18.6 Å². The van der Waals surface area contributed by atoms with Gasteiger partial charge in [-0.2, -0.15) is 5.10 Å². The van der Waals surface area contributed by atoms with Crippen LogP contribution < -0.4 is 4.72 Å². The van der Waals surface area contributed by atoms with Gasteiger partial charge in [-0.25, -0.2) is 8.42 Å². The number of H-pyrrole nitrogens is 1. The van der Waals surface area contributed by atoms with E-state index in [1.165, 1.54) is 6.07 Å². The second kappa shape index (κ2) is 5.29. The highest BCUT2D eigenvalue weighted by Gasteiger charge is 2.17. The number of rotatable bonds is 5. The van der Waals surface area contributed by atoms with Crippen LogP contribution in [0.25, 0.3) is 0 Å². The molecule has 2 N–H and O–H groups in total. The number of halogens is 1. The Morgan fingerprint density at radius 1 is 1.50 bits per heavy atom. The van der Waals surface area contributed by atoms with Gasteiger partial charge in [0.2, 0.25) is 0 Å². The minimum absolute atomic E-state index is 0.174. The van der Waals surface area contributed by atoms with Crippen LogP contribution >= 0.6 is 22.9 Å². The van der Waals surface area contributed by atoms with Crippen molar-refractivity contribution in [2.75, 3.05) is 4.72 Å². The molecule has 5 nitrogen and oxygen atoms in total. The smallest absolute Gasteiger partial charge is 0.272 e.